The van der Waals surface area contributed by atoms with E-state index in [9.17, 15) is 24.8 Å². The lowest BCUT2D eigenvalue weighted by Gasteiger charge is -2.36. The van der Waals surface area contributed by atoms with Crippen LogP contribution in [-0.2, 0) is 16.0 Å². The highest BCUT2D eigenvalue weighted by atomic mass is 35.5. The van der Waals surface area contributed by atoms with Gasteiger partial charge in [0.25, 0.3) is 5.91 Å². The first-order valence-electron chi connectivity index (χ1n) is 11.2. The fourth-order valence-electron chi connectivity index (χ4n) is 4.50. The van der Waals surface area contributed by atoms with Gasteiger partial charge in [-0.05, 0) is 55.0 Å². The fraction of sp³-hybridized carbons (Fsp3) is 0.385. The van der Waals surface area contributed by atoms with E-state index < -0.39 is 34.7 Å². The lowest BCUT2D eigenvalue weighted by molar-refractivity contribution is -0.143. The average Bonchev–Trinajstić information content (AvgIpc) is 3.03. The number of aliphatic carboxylic acids is 1. The Morgan fingerprint density at radius 1 is 1.11 bits per heavy atom. The highest BCUT2D eigenvalue weighted by Crippen LogP contribution is 2.55. The van der Waals surface area contributed by atoms with Crippen LogP contribution in [0.15, 0.2) is 42.5 Å². The van der Waals surface area contributed by atoms with Gasteiger partial charge in [0.2, 0.25) is 5.91 Å². The van der Waals surface area contributed by atoms with E-state index in [1.54, 1.807) is 42.5 Å². The molecule has 1 aliphatic carbocycles. The minimum absolute atomic E-state index is 0.0638. The van der Waals surface area contributed by atoms with Crippen LogP contribution in [0.25, 0.3) is 0 Å². The standard InChI is InChI=1S/C26H27Cl2N3O4/c1-25(2)17(11-12-26(25,3)14-29)22(32)31-20(24(34)35)13-15-7-9-16(10-8-15)30-23(33)21-18(27)5-4-6-19(21)28/h4-10,17,20H,11-13H2,1-3H3,(H,30,33)(H,31,32)(H,34,35). The van der Waals surface area contributed by atoms with Crippen molar-refractivity contribution in [1.29, 1.82) is 5.26 Å². The summed E-state index contributed by atoms with van der Waals surface area (Å²) >= 11 is 12.2. The number of anilines is 1. The molecule has 7 nitrogen and oxygen atoms in total. The van der Waals surface area contributed by atoms with Gasteiger partial charge in [-0.1, -0.05) is 55.2 Å². The summed E-state index contributed by atoms with van der Waals surface area (Å²) in [6.45, 7) is 5.60. The second-order valence-electron chi connectivity index (χ2n) is 9.61. The quantitative estimate of drug-likeness (QED) is 0.460. The molecule has 2 amide bonds. The largest absolute Gasteiger partial charge is 0.480 e. The van der Waals surface area contributed by atoms with Crippen molar-refractivity contribution in [2.45, 2.75) is 46.1 Å². The maximum absolute atomic E-state index is 13.0. The van der Waals surface area contributed by atoms with Crippen LogP contribution in [0.3, 0.4) is 0 Å². The van der Waals surface area contributed by atoms with Crippen molar-refractivity contribution in [2.24, 2.45) is 16.7 Å². The van der Waals surface area contributed by atoms with Crippen molar-refractivity contribution in [3.05, 3.63) is 63.6 Å². The molecule has 3 atom stereocenters. The third kappa shape index (κ3) is 5.44. The van der Waals surface area contributed by atoms with Crippen molar-refractivity contribution in [3.8, 4) is 6.07 Å². The summed E-state index contributed by atoms with van der Waals surface area (Å²) in [7, 11) is 0. The molecular formula is C26H27Cl2N3O4. The molecule has 3 N–H and O–H groups in total. The first-order chi connectivity index (χ1) is 16.4. The molecule has 0 aliphatic heterocycles. The number of nitrogens with zero attached hydrogens (tertiary/aromatic N) is 1. The van der Waals surface area contributed by atoms with Gasteiger partial charge in [-0.15, -0.1) is 0 Å². The van der Waals surface area contributed by atoms with Gasteiger partial charge >= 0.3 is 5.97 Å². The summed E-state index contributed by atoms with van der Waals surface area (Å²) in [5, 5.41) is 25.1. The van der Waals surface area contributed by atoms with Gasteiger partial charge in [0.1, 0.15) is 6.04 Å². The Bertz CT molecular complexity index is 1170. The predicted molar refractivity (Wildman–Crippen MR) is 134 cm³/mol. The number of carbonyl (C=O) groups excluding carboxylic acids is 2. The Balaban J connectivity index is 1.67. The molecule has 9 heteroatoms. The van der Waals surface area contributed by atoms with Gasteiger partial charge in [0.05, 0.1) is 27.1 Å². The highest BCUT2D eigenvalue weighted by molar-refractivity contribution is 6.40. The van der Waals surface area contributed by atoms with Crippen molar-refractivity contribution < 1.29 is 19.5 Å². The van der Waals surface area contributed by atoms with Crippen LogP contribution in [0.5, 0.6) is 0 Å². The number of benzene rings is 2. The van der Waals surface area contributed by atoms with Crippen LogP contribution in [0.1, 0.15) is 49.5 Å². The van der Waals surface area contributed by atoms with Gasteiger partial charge < -0.3 is 15.7 Å². The Labute approximate surface area is 214 Å². The smallest absolute Gasteiger partial charge is 0.326 e. The number of carbonyl (C=O) groups is 3. The molecule has 1 fully saturated rings. The van der Waals surface area contributed by atoms with Gasteiger partial charge in [-0.25, -0.2) is 4.79 Å². The summed E-state index contributed by atoms with van der Waals surface area (Å²) in [6.07, 6.45) is 1.17. The molecule has 3 rings (SSSR count). The van der Waals surface area contributed by atoms with Crippen LogP contribution in [0.4, 0.5) is 5.69 Å². The van der Waals surface area contributed by atoms with Crippen LogP contribution in [-0.4, -0.2) is 28.9 Å². The molecule has 0 bridgehead atoms. The zero-order chi connectivity index (χ0) is 26.0. The molecular weight excluding hydrogens is 489 g/mol. The third-order valence-corrected chi connectivity index (χ3v) is 7.88. The first kappa shape index (κ1) is 26.5. The number of carboxylic acid groups (broad SMARTS) is 1. The van der Waals surface area contributed by atoms with Crippen molar-refractivity contribution in [1.82, 2.24) is 5.32 Å². The number of hydrogen-bond acceptors (Lipinski definition) is 4. The zero-order valence-electron chi connectivity index (χ0n) is 19.7. The Morgan fingerprint density at radius 2 is 1.71 bits per heavy atom. The van der Waals surface area contributed by atoms with E-state index in [0.717, 1.165) is 0 Å². The van der Waals surface area contributed by atoms with Crippen molar-refractivity contribution in [3.63, 3.8) is 0 Å². The molecule has 2 aromatic rings. The number of carboxylic acids is 1. The lowest BCUT2D eigenvalue weighted by atomic mass is 9.66. The van der Waals surface area contributed by atoms with Crippen LogP contribution in [0.2, 0.25) is 10.0 Å². The van der Waals surface area contributed by atoms with E-state index >= 15 is 0 Å². The molecule has 1 aliphatic rings. The maximum Gasteiger partial charge on any atom is 0.326 e. The normalized spacial score (nSPS) is 21.5. The third-order valence-electron chi connectivity index (χ3n) is 7.25. The van der Waals surface area contributed by atoms with Crippen molar-refractivity contribution >= 4 is 46.7 Å². The van der Waals surface area contributed by atoms with Gasteiger partial charge in [0, 0.05) is 18.0 Å². The van der Waals surface area contributed by atoms with Gasteiger partial charge in [-0.2, -0.15) is 5.26 Å². The lowest BCUT2D eigenvalue weighted by Crippen LogP contribution is -2.48. The molecule has 0 saturated heterocycles. The molecule has 0 radical (unpaired) electrons. The summed E-state index contributed by atoms with van der Waals surface area (Å²) in [5.74, 6) is -2.43. The number of amides is 2. The fourth-order valence-corrected chi connectivity index (χ4v) is 5.07. The van der Waals surface area contributed by atoms with E-state index in [2.05, 4.69) is 16.7 Å². The summed E-state index contributed by atoms with van der Waals surface area (Å²) in [4.78, 5) is 37.4. The van der Waals surface area contributed by atoms with E-state index in [1.165, 1.54) is 0 Å². The minimum atomic E-state index is -1.15. The molecule has 2 aromatic carbocycles. The summed E-state index contributed by atoms with van der Waals surface area (Å²) in [6, 6.07) is 12.6. The Morgan fingerprint density at radius 3 is 2.23 bits per heavy atom. The Hall–Kier alpha value is -3.08. The minimum Gasteiger partial charge on any atom is -0.480 e. The van der Waals surface area contributed by atoms with E-state index in [0.29, 0.717) is 24.1 Å². The molecule has 1 saturated carbocycles. The number of halogens is 2. The first-order valence-corrected chi connectivity index (χ1v) is 11.9. The van der Waals surface area contributed by atoms with E-state index in [-0.39, 0.29) is 27.9 Å². The summed E-state index contributed by atoms with van der Waals surface area (Å²) in [5.41, 5.74) is 0.0747. The summed E-state index contributed by atoms with van der Waals surface area (Å²) < 4.78 is 0. The number of rotatable bonds is 7. The molecule has 3 unspecified atom stereocenters. The van der Waals surface area contributed by atoms with E-state index in [1.807, 2.05) is 20.8 Å². The second-order valence-corrected chi connectivity index (χ2v) is 10.4. The zero-order valence-corrected chi connectivity index (χ0v) is 21.2. The Kier molecular flexibility index (Phi) is 7.78. The number of hydrogen-bond donors (Lipinski definition) is 3. The van der Waals surface area contributed by atoms with Gasteiger partial charge in [-0.3, -0.25) is 9.59 Å². The second kappa shape index (κ2) is 10.3. The van der Waals surface area contributed by atoms with Crippen molar-refractivity contribution in [2.75, 3.05) is 5.32 Å². The molecule has 0 heterocycles. The van der Waals surface area contributed by atoms with Crippen LogP contribution >= 0.6 is 23.2 Å². The highest BCUT2D eigenvalue weighted by Gasteiger charge is 2.54. The maximum atomic E-state index is 13.0. The van der Waals surface area contributed by atoms with Crippen LogP contribution in [0, 0.1) is 28.1 Å². The van der Waals surface area contributed by atoms with E-state index in [4.69, 9.17) is 23.2 Å². The van der Waals surface area contributed by atoms with Gasteiger partial charge in [0.15, 0.2) is 0 Å². The molecule has 0 aromatic heterocycles. The molecule has 0 spiro atoms. The van der Waals surface area contributed by atoms with Crippen LogP contribution < -0.4 is 10.6 Å². The number of nitriles is 1. The topological polar surface area (TPSA) is 119 Å². The average molecular weight is 516 g/mol. The predicted octanol–water partition coefficient (Wildman–Crippen LogP) is 5.32. The molecule has 35 heavy (non-hydrogen) atoms. The monoisotopic (exact) mass is 515 g/mol. The number of nitrogens with one attached hydrogen (secondary N) is 2. The molecule has 184 valence electrons. The SMILES string of the molecule is CC1(C#N)CCC(C(=O)NC(Cc2ccc(NC(=O)c3c(Cl)cccc3Cl)cc2)C(=O)O)C1(C)C.